The normalized spacial score (nSPS) is 24.9. The van der Waals surface area contributed by atoms with Gasteiger partial charge in [0.05, 0.1) is 26.4 Å². The molecule has 0 aromatic heterocycles. The lowest BCUT2D eigenvalue weighted by atomic mass is 9.98. The number of carbonyl (C=O) groups is 1. The first-order chi connectivity index (χ1) is 36.6. The fourth-order valence-corrected chi connectivity index (χ4v) is 9.41. The molecule has 0 saturated carbocycles. The number of hydrogen-bond donors (Lipinski definition) is 7. The summed E-state index contributed by atoms with van der Waals surface area (Å²) in [6.07, 6.45) is 41.6. The molecular weight excluding hydrogens is 957 g/mol. The monoisotopic (exact) mass is 1070 g/mol. The first-order valence-corrected chi connectivity index (χ1v) is 30.2. The maximum absolute atomic E-state index is 13.1. The van der Waals surface area contributed by atoms with Crippen molar-refractivity contribution in [1.82, 2.24) is 0 Å². The Bertz CT molecular complexity index is 1420. The molecule has 14 nitrogen and oxygen atoms in total. The van der Waals surface area contributed by atoms with E-state index in [4.69, 9.17) is 28.4 Å². The van der Waals surface area contributed by atoms with Crippen molar-refractivity contribution in [3.8, 4) is 0 Å². The maximum atomic E-state index is 13.1. The number of aliphatic hydroxyl groups is 7. The van der Waals surface area contributed by atoms with Crippen LogP contribution in [0.2, 0.25) is 0 Å². The van der Waals surface area contributed by atoms with E-state index in [1.54, 1.807) is 0 Å². The van der Waals surface area contributed by atoms with Gasteiger partial charge in [0.2, 0.25) is 0 Å². The lowest BCUT2D eigenvalue weighted by Gasteiger charge is -2.42. The van der Waals surface area contributed by atoms with Crippen molar-refractivity contribution < 1.29 is 69.0 Å². The predicted octanol–water partition coefficient (Wildman–Crippen LogP) is 11.1. The summed E-state index contributed by atoms with van der Waals surface area (Å²) in [7, 11) is 0. The Morgan fingerprint density at radius 2 is 0.827 bits per heavy atom. The maximum Gasteiger partial charge on any atom is 0.306 e. The molecule has 0 amide bonds. The Morgan fingerprint density at radius 3 is 1.31 bits per heavy atom. The van der Waals surface area contributed by atoms with Gasteiger partial charge in [-0.3, -0.25) is 4.79 Å². The van der Waals surface area contributed by atoms with Crippen LogP contribution < -0.4 is 0 Å². The van der Waals surface area contributed by atoms with Gasteiger partial charge in [0.25, 0.3) is 0 Å². The molecule has 0 bridgehead atoms. The van der Waals surface area contributed by atoms with Crippen molar-refractivity contribution in [2.45, 2.75) is 300 Å². The summed E-state index contributed by atoms with van der Waals surface area (Å²) in [5.74, 6) is -0.380. The minimum atomic E-state index is -1.71. The Labute approximate surface area is 454 Å². The molecule has 2 aliphatic heterocycles. The van der Waals surface area contributed by atoms with Crippen molar-refractivity contribution >= 4 is 5.97 Å². The highest BCUT2D eigenvalue weighted by atomic mass is 16.7. The molecule has 2 saturated heterocycles. The van der Waals surface area contributed by atoms with Crippen LogP contribution in [0.15, 0.2) is 48.6 Å². The molecule has 2 heterocycles. The largest absolute Gasteiger partial charge is 0.457 e. The van der Waals surface area contributed by atoms with E-state index in [1.807, 2.05) is 0 Å². The zero-order chi connectivity index (χ0) is 54.4. The molecule has 2 fully saturated rings. The number of esters is 1. The van der Waals surface area contributed by atoms with E-state index in [0.717, 1.165) is 57.8 Å². The molecule has 0 spiro atoms. The van der Waals surface area contributed by atoms with Gasteiger partial charge >= 0.3 is 5.97 Å². The van der Waals surface area contributed by atoms with Crippen molar-refractivity contribution in [2.24, 2.45) is 0 Å². The summed E-state index contributed by atoms with van der Waals surface area (Å²) in [6.45, 7) is 3.67. The Morgan fingerprint density at radius 1 is 0.440 bits per heavy atom. The minimum Gasteiger partial charge on any atom is -0.457 e. The molecule has 75 heavy (non-hydrogen) atoms. The summed E-state index contributed by atoms with van der Waals surface area (Å²) < 4.78 is 34.4. The van der Waals surface area contributed by atoms with Crippen molar-refractivity contribution in [1.29, 1.82) is 0 Å². The van der Waals surface area contributed by atoms with Gasteiger partial charge in [-0.1, -0.05) is 197 Å². The highest BCUT2D eigenvalue weighted by Crippen LogP contribution is 2.27. The molecule has 438 valence electrons. The van der Waals surface area contributed by atoms with Gasteiger partial charge in [0.1, 0.15) is 54.9 Å². The second-order valence-electron chi connectivity index (χ2n) is 21.2. The summed E-state index contributed by atoms with van der Waals surface area (Å²) in [5, 5.41) is 72.4. The summed E-state index contributed by atoms with van der Waals surface area (Å²) >= 11 is 0. The number of rotatable bonds is 49. The number of unbranched alkanes of at least 4 members (excludes halogenated alkanes) is 27. The van der Waals surface area contributed by atoms with Gasteiger partial charge in [-0.2, -0.15) is 0 Å². The molecule has 7 N–H and O–H groups in total. The molecule has 11 atom stereocenters. The van der Waals surface area contributed by atoms with E-state index >= 15 is 0 Å². The molecule has 0 radical (unpaired) electrons. The smallest absolute Gasteiger partial charge is 0.306 e. The Balaban J connectivity index is 1.70. The zero-order valence-electron chi connectivity index (χ0n) is 47.0. The van der Waals surface area contributed by atoms with Crippen LogP contribution in [0.5, 0.6) is 0 Å². The predicted molar refractivity (Wildman–Crippen MR) is 298 cm³/mol. The average Bonchev–Trinajstić information content (AvgIpc) is 3.41. The average molecular weight is 1070 g/mol. The van der Waals surface area contributed by atoms with Crippen molar-refractivity contribution in [2.75, 3.05) is 33.0 Å². The fraction of sp³-hybridized carbons (Fsp3) is 0.852. The molecule has 0 aromatic rings. The fourth-order valence-electron chi connectivity index (χ4n) is 9.41. The van der Waals surface area contributed by atoms with Crippen LogP contribution in [0, 0.1) is 0 Å². The quantitative estimate of drug-likeness (QED) is 0.0172. The van der Waals surface area contributed by atoms with Crippen molar-refractivity contribution in [3.05, 3.63) is 48.6 Å². The van der Waals surface area contributed by atoms with E-state index in [1.165, 1.54) is 148 Å². The Hall–Kier alpha value is -2.05. The topological polar surface area (TPSA) is 214 Å². The SMILES string of the molecule is CCCCC/C=C\C/C=C\CCCCCCCCCCCC(=O)OC(COCCCCCCCCCCCC/C=C\C/C=C\CCCCCCC)COC1OC(COC2OC(CO)C(O)C(O)C2O)C(O)C(O)C1O. The molecule has 2 aliphatic rings. The highest BCUT2D eigenvalue weighted by Gasteiger charge is 2.47. The summed E-state index contributed by atoms with van der Waals surface area (Å²) in [5.41, 5.74) is 0. The third kappa shape index (κ3) is 34.5. The Kier molecular flexibility index (Phi) is 44.1. The van der Waals surface area contributed by atoms with Crippen molar-refractivity contribution in [3.63, 3.8) is 0 Å². The first kappa shape index (κ1) is 69.1. The lowest BCUT2D eigenvalue weighted by molar-refractivity contribution is -0.332. The van der Waals surface area contributed by atoms with Crippen LogP contribution in [0.3, 0.4) is 0 Å². The summed E-state index contributed by atoms with van der Waals surface area (Å²) in [4.78, 5) is 13.1. The van der Waals surface area contributed by atoms with Crippen LogP contribution in [0.1, 0.15) is 232 Å². The van der Waals surface area contributed by atoms with Crippen LogP contribution in [-0.4, -0.2) is 142 Å². The van der Waals surface area contributed by atoms with E-state index in [2.05, 4.69) is 62.5 Å². The number of carbonyl (C=O) groups excluding carboxylic acids is 1. The lowest BCUT2D eigenvalue weighted by Crippen LogP contribution is -2.61. The molecule has 14 heteroatoms. The highest BCUT2D eigenvalue weighted by molar-refractivity contribution is 5.69. The van der Waals surface area contributed by atoms with Gasteiger partial charge in [0, 0.05) is 13.0 Å². The molecular formula is C61H110O14. The summed E-state index contributed by atoms with van der Waals surface area (Å²) in [6, 6.07) is 0. The molecule has 0 aromatic carbocycles. The van der Waals surface area contributed by atoms with Gasteiger partial charge in [-0.25, -0.2) is 0 Å². The number of allylic oxidation sites excluding steroid dienone is 8. The van der Waals surface area contributed by atoms with E-state index in [-0.39, 0.29) is 25.6 Å². The van der Waals surface area contributed by atoms with Gasteiger partial charge in [-0.15, -0.1) is 0 Å². The number of hydrogen-bond acceptors (Lipinski definition) is 14. The second-order valence-corrected chi connectivity index (χ2v) is 21.2. The van der Waals surface area contributed by atoms with Gasteiger partial charge in [0.15, 0.2) is 12.6 Å². The van der Waals surface area contributed by atoms with Gasteiger partial charge < -0.3 is 64.2 Å². The molecule has 2 rings (SSSR count). The van der Waals surface area contributed by atoms with Crippen LogP contribution in [-0.2, 0) is 33.2 Å². The minimum absolute atomic E-state index is 0.0578. The zero-order valence-corrected chi connectivity index (χ0v) is 47.0. The van der Waals surface area contributed by atoms with Gasteiger partial charge in [-0.05, 0) is 77.0 Å². The third-order valence-electron chi connectivity index (χ3n) is 14.3. The number of ether oxygens (including phenoxy) is 6. The van der Waals surface area contributed by atoms with E-state index in [9.17, 15) is 40.5 Å². The van der Waals surface area contributed by atoms with Crippen LogP contribution >= 0.6 is 0 Å². The first-order valence-electron chi connectivity index (χ1n) is 30.2. The van der Waals surface area contributed by atoms with Crippen LogP contribution in [0.25, 0.3) is 0 Å². The third-order valence-corrected chi connectivity index (χ3v) is 14.3. The van der Waals surface area contributed by atoms with E-state index < -0.39 is 80.7 Å². The van der Waals surface area contributed by atoms with E-state index in [0.29, 0.717) is 13.0 Å². The second kappa shape index (κ2) is 47.9. The van der Waals surface area contributed by atoms with Crippen LogP contribution in [0.4, 0.5) is 0 Å². The molecule has 11 unspecified atom stereocenters. The number of aliphatic hydroxyl groups excluding tert-OH is 7. The molecule has 0 aliphatic carbocycles. The standard InChI is InChI=1S/C61H110O14/c1-3-5-7-9-11-13-15-17-19-21-23-24-25-27-29-31-33-35-37-39-41-43-45-70-47-50(73-53(63)44-42-40-38-36-34-32-30-28-26-22-20-18-16-14-12-10-8-6-4-2)48-71-60-59(69)57(67)55(65)52(75-60)49-72-61-58(68)56(66)54(64)51(46-62)74-61/h12,14-15,17-18,20-21,23,50-52,54-62,64-69H,3-11,13,16,19,22,24-49H2,1-2H3/b14-12-,17-15-,20-18-,23-21-.